The van der Waals surface area contributed by atoms with Gasteiger partial charge in [-0.3, -0.25) is 0 Å². The van der Waals surface area contributed by atoms with Gasteiger partial charge in [-0.2, -0.15) is 0 Å². The van der Waals surface area contributed by atoms with Crippen molar-refractivity contribution in [2.75, 3.05) is 0 Å². The van der Waals surface area contributed by atoms with Crippen LogP contribution < -0.4 is 133 Å². The average molecular weight is 433 g/mol. The number of carboxylic acid groups (broad SMARTS) is 6. The molecule has 0 aromatic carbocycles. The first-order chi connectivity index (χ1) is 7.93. The van der Waals surface area contributed by atoms with Crippen LogP contribution in [0.3, 0.4) is 0 Å². The van der Waals surface area contributed by atoms with Crippen molar-refractivity contribution >= 4 is 35.8 Å². The number of hydrogen-bond acceptors (Lipinski definition) is 12. The Morgan fingerprint density at radius 3 is 0.429 bits per heavy atom. The number of hydrogen-bond donors (Lipinski definition) is 0. The van der Waals surface area contributed by atoms with E-state index in [0.717, 1.165) is 0 Å². The quantitative estimate of drug-likeness (QED) is 0.255. The van der Waals surface area contributed by atoms with E-state index in [1.165, 1.54) is 0 Å². The Bertz CT molecular complexity index is 287. The van der Waals surface area contributed by atoms with Crippen molar-refractivity contribution in [3.8, 4) is 0 Å². The van der Waals surface area contributed by atoms with Crippen molar-refractivity contribution in [1.82, 2.24) is 0 Å². The second-order valence-corrected chi connectivity index (χ2v) is 1.72. The van der Waals surface area contributed by atoms with Gasteiger partial charge in [0.05, 0.1) is 35.8 Å². The minimum Gasteiger partial charge on any atom is -0.543 e. The SMILES string of the molecule is O=C([O-])C(=O)[O-].O=C([O-])C(=O)[O-].O=C([O-])C(=O)[O-].[K+].[K+].[Zr+4]. The zero-order valence-electron chi connectivity index (χ0n) is 10.4. The Hall–Kier alpha value is 0.976. The summed E-state index contributed by atoms with van der Waals surface area (Å²) in [6, 6.07) is 0. The van der Waals surface area contributed by atoms with E-state index in [0.29, 0.717) is 0 Å². The molecule has 0 unspecified atom stereocenters. The molecule has 0 fully saturated rings. The molecule has 0 heterocycles. The Balaban J connectivity index is -0.0000000375. The van der Waals surface area contributed by atoms with Gasteiger partial charge in [-0.1, -0.05) is 0 Å². The van der Waals surface area contributed by atoms with E-state index in [9.17, 15) is 0 Å². The zero-order chi connectivity index (χ0) is 15.5. The Morgan fingerprint density at radius 1 is 0.381 bits per heavy atom. The minimum absolute atomic E-state index is 0. The zero-order valence-corrected chi connectivity index (χ0v) is 19.1. The molecule has 0 aromatic rings. The van der Waals surface area contributed by atoms with Gasteiger partial charge in [0.15, 0.2) is 0 Å². The first kappa shape index (κ1) is 37.9. The Kier molecular flexibility index (Phi) is 41.9. The van der Waals surface area contributed by atoms with Gasteiger partial charge in [0.25, 0.3) is 0 Å². The van der Waals surface area contributed by atoms with E-state index in [1.807, 2.05) is 0 Å². The molecule has 102 valence electrons. The maximum atomic E-state index is 8.93. The normalized spacial score (nSPS) is 6.29. The number of carboxylic acids is 6. The van der Waals surface area contributed by atoms with Gasteiger partial charge in [0.1, 0.15) is 0 Å². The molecule has 0 aliphatic rings. The summed E-state index contributed by atoms with van der Waals surface area (Å²) in [5.74, 6) is -13.1. The number of carbonyl (C=O) groups excluding carboxylic acids is 6. The maximum absolute atomic E-state index is 8.93. The topological polar surface area (TPSA) is 241 Å². The van der Waals surface area contributed by atoms with E-state index in [2.05, 4.69) is 0 Å². The first-order valence-electron chi connectivity index (χ1n) is 3.20. The fourth-order valence-corrected chi connectivity index (χ4v) is 0. The predicted molar refractivity (Wildman–Crippen MR) is 30.0 cm³/mol. The van der Waals surface area contributed by atoms with Gasteiger partial charge in [-0.05, 0) is 0 Å². The summed E-state index contributed by atoms with van der Waals surface area (Å²) in [7, 11) is 0. The third-order valence-corrected chi connectivity index (χ3v) is 0.500. The van der Waals surface area contributed by atoms with Crippen molar-refractivity contribution in [3.63, 3.8) is 0 Å². The van der Waals surface area contributed by atoms with Crippen LogP contribution in [0.15, 0.2) is 0 Å². The van der Waals surface area contributed by atoms with Gasteiger partial charge in [0, 0.05) is 0 Å². The largest absolute Gasteiger partial charge is 4.00 e. The minimum atomic E-state index is -2.19. The molecule has 0 aromatic heterocycles. The molecule has 0 bridgehead atoms. The van der Waals surface area contributed by atoms with Crippen LogP contribution in [0.1, 0.15) is 0 Å². The molecule has 0 atom stereocenters. The summed E-state index contributed by atoms with van der Waals surface area (Å²) < 4.78 is 0. The smallest absolute Gasteiger partial charge is 0.543 e. The van der Waals surface area contributed by atoms with Gasteiger partial charge >= 0.3 is 129 Å². The molecule has 0 saturated carbocycles. The van der Waals surface area contributed by atoms with Crippen LogP contribution in [-0.2, 0) is 55.0 Å². The molecule has 0 N–H and O–H groups in total. The molecule has 0 amide bonds. The summed E-state index contributed by atoms with van der Waals surface area (Å²) in [5.41, 5.74) is 0. The van der Waals surface area contributed by atoms with Crippen LogP contribution >= 0.6 is 0 Å². The Labute approximate surface area is 219 Å². The molecule has 0 aliphatic carbocycles. The van der Waals surface area contributed by atoms with Crippen molar-refractivity contribution in [2.45, 2.75) is 0 Å². The second kappa shape index (κ2) is 23.2. The van der Waals surface area contributed by atoms with E-state index in [-0.39, 0.29) is 129 Å². The standard InChI is InChI=1S/3C2H2O4.2K.Zr/c3*3-1(4)2(5)6;;;/h3*(H,3,4)(H,5,6);;;/q;;;2*+1;+4/p-6. The molecule has 0 rings (SSSR count). The fourth-order valence-electron chi connectivity index (χ4n) is 0. The number of rotatable bonds is 0. The van der Waals surface area contributed by atoms with E-state index < -0.39 is 35.8 Å². The summed E-state index contributed by atoms with van der Waals surface area (Å²) in [4.78, 5) is 53.6. The summed E-state index contributed by atoms with van der Waals surface area (Å²) in [6.07, 6.45) is 0. The first-order valence-corrected chi connectivity index (χ1v) is 3.20. The molecular formula is C6K2O12Zr. The van der Waals surface area contributed by atoms with E-state index >= 15 is 0 Å². The fraction of sp³-hybridized carbons (Fsp3) is 0. The molecule has 0 saturated heterocycles. The second-order valence-electron chi connectivity index (χ2n) is 1.72. The molecule has 12 nitrogen and oxygen atoms in total. The van der Waals surface area contributed by atoms with Crippen LogP contribution in [0.25, 0.3) is 0 Å². The molecule has 0 radical (unpaired) electrons. The van der Waals surface area contributed by atoms with Crippen molar-refractivity contribution in [2.24, 2.45) is 0 Å². The Morgan fingerprint density at radius 2 is 0.429 bits per heavy atom. The van der Waals surface area contributed by atoms with Crippen LogP contribution in [0.4, 0.5) is 0 Å². The van der Waals surface area contributed by atoms with Crippen LogP contribution in [0.5, 0.6) is 0 Å². The van der Waals surface area contributed by atoms with Crippen LogP contribution in [0, 0.1) is 0 Å². The van der Waals surface area contributed by atoms with Crippen LogP contribution in [0.2, 0.25) is 0 Å². The van der Waals surface area contributed by atoms with Gasteiger partial charge in [-0.25, -0.2) is 0 Å². The van der Waals surface area contributed by atoms with Gasteiger partial charge in [-0.15, -0.1) is 0 Å². The molecular weight excluding hydrogens is 433 g/mol. The van der Waals surface area contributed by atoms with Gasteiger partial charge < -0.3 is 59.4 Å². The van der Waals surface area contributed by atoms with E-state index in [4.69, 9.17) is 59.4 Å². The van der Waals surface area contributed by atoms with Crippen molar-refractivity contribution in [1.29, 1.82) is 0 Å². The predicted octanol–water partition coefficient (Wildman–Crippen LogP) is -16.5. The third kappa shape index (κ3) is 44.9. The molecule has 15 heteroatoms. The number of carbonyl (C=O) groups is 6. The van der Waals surface area contributed by atoms with Crippen molar-refractivity contribution < 1.29 is 188 Å². The van der Waals surface area contributed by atoms with Gasteiger partial charge in [0.2, 0.25) is 0 Å². The third-order valence-electron chi connectivity index (χ3n) is 0.500. The van der Waals surface area contributed by atoms with Crippen molar-refractivity contribution in [3.05, 3.63) is 0 Å². The molecule has 0 aliphatic heterocycles. The summed E-state index contributed by atoms with van der Waals surface area (Å²) in [5, 5.41) is 53.6. The van der Waals surface area contributed by atoms with Crippen LogP contribution in [-0.4, -0.2) is 35.8 Å². The molecule has 0 spiro atoms. The summed E-state index contributed by atoms with van der Waals surface area (Å²) in [6.45, 7) is 0. The molecule has 21 heavy (non-hydrogen) atoms. The monoisotopic (exact) mass is 432 g/mol. The van der Waals surface area contributed by atoms with E-state index in [1.54, 1.807) is 0 Å². The average Bonchev–Trinajstić information content (AvgIpc) is 2.18. The summed E-state index contributed by atoms with van der Waals surface area (Å²) >= 11 is 0. The maximum Gasteiger partial charge on any atom is 4.00 e. The number of aliphatic carboxylic acids is 6.